The van der Waals surface area contributed by atoms with E-state index in [2.05, 4.69) is 10.3 Å². The second kappa shape index (κ2) is 6.69. The molecule has 6 heteroatoms. The Kier molecular flexibility index (Phi) is 4.66. The maximum Gasteiger partial charge on any atom is 0.243 e. The molecule has 0 bridgehead atoms. The number of amides is 1. The van der Waals surface area contributed by atoms with Crippen molar-refractivity contribution >= 4 is 28.4 Å². The molecule has 1 amide bonds. The summed E-state index contributed by atoms with van der Waals surface area (Å²) in [5, 5.41) is 10.7. The molecule has 1 aliphatic heterocycles. The second-order valence-corrected chi connectivity index (χ2v) is 6.16. The van der Waals surface area contributed by atoms with E-state index in [1.54, 1.807) is 4.68 Å². The number of fused-ring (bicyclic) bond motifs is 1. The molecule has 2 N–H and O–H groups in total. The number of aliphatic hydroxyl groups excluding tert-OH is 1. The molecule has 22 heavy (non-hydrogen) atoms. The number of β-amino-alcohol motifs (C(OH)–C–C–N with tert-alkyl or cyclic N) is 1. The number of likely N-dealkylation sites (tertiary alicyclic amines) is 1. The molecule has 1 saturated heterocycles. The van der Waals surface area contributed by atoms with E-state index in [-0.39, 0.29) is 18.4 Å². The van der Waals surface area contributed by atoms with E-state index in [0.29, 0.717) is 18.1 Å². The molecule has 1 aromatic carbocycles. The molecule has 2 aromatic rings. The molecule has 0 radical (unpaired) electrons. The normalized spacial score (nSPS) is 19.5. The van der Waals surface area contributed by atoms with Gasteiger partial charge >= 0.3 is 0 Å². The summed E-state index contributed by atoms with van der Waals surface area (Å²) in [7, 11) is 0. The standard InChI is InChI=1S/C16H20ClN3O2/c17-14-3-4-15-12(10-14)5-7-20(15)18-16(22)13-2-1-6-19(11-13)8-9-21/h3-5,7,10,13,21H,1-2,6,8-9,11H2,(H,18,22). The molecule has 118 valence electrons. The van der Waals surface area contributed by atoms with Crippen molar-refractivity contribution in [3.05, 3.63) is 35.5 Å². The predicted octanol–water partition coefficient (Wildman–Crippen LogP) is 2.07. The number of aromatic nitrogens is 1. The Morgan fingerprint density at radius 3 is 3.09 bits per heavy atom. The monoisotopic (exact) mass is 321 g/mol. The van der Waals surface area contributed by atoms with Crippen molar-refractivity contribution in [3.8, 4) is 0 Å². The van der Waals surface area contributed by atoms with Crippen LogP contribution in [0.3, 0.4) is 0 Å². The van der Waals surface area contributed by atoms with Crippen LogP contribution in [0.5, 0.6) is 0 Å². The SMILES string of the molecule is O=C(Nn1ccc2cc(Cl)ccc21)C1CCCN(CCO)C1. The third-order valence-electron chi connectivity index (χ3n) is 4.18. The Balaban J connectivity index is 1.70. The fourth-order valence-electron chi connectivity index (χ4n) is 3.03. The van der Waals surface area contributed by atoms with Crippen LogP contribution in [0.1, 0.15) is 12.8 Å². The number of piperidine rings is 1. The first-order valence-corrected chi connectivity index (χ1v) is 7.96. The third kappa shape index (κ3) is 3.27. The molecular formula is C16H20ClN3O2. The van der Waals surface area contributed by atoms with Gasteiger partial charge in [-0.25, -0.2) is 0 Å². The smallest absolute Gasteiger partial charge is 0.243 e. The van der Waals surface area contributed by atoms with Crippen LogP contribution >= 0.6 is 11.6 Å². The van der Waals surface area contributed by atoms with Crippen LogP contribution in [0.25, 0.3) is 10.9 Å². The number of halogens is 1. The van der Waals surface area contributed by atoms with Gasteiger partial charge in [0, 0.05) is 29.7 Å². The second-order valence-electron chi connectivity index (χ2n) is 5.73. The first kappa shape index (κ1) is 15.3. The van der Waals surface area contributed by atoms with Gasteiger partial charge in [-0.3, -0.25) is 14.9 Å². The Morgan fingerprint density at radius 2 is 2.27 bits per heavy atom. The van der Waals surface area contributed by atoms with Crippen LogP contribution in [0.15, 0.2) is 30.5 Å². The van der Waals surface area contributed by atoms with E-state index >= 15 is 0 Å². The topological polar surface area (TPSA) is 57.5 Å². The lowest BCUT2D eigenvalue weighted by molar-refractivity contribution is -0.122. The highest BCUT2D eigenvalue weighted by atomic mass is 35.5. The van der Waals surface area contributed by atoms with Crippen LogP contribution in [-0.2, 0) is 4.79 Å². The Morgan fingerprint density at radius 1 is 1.41 bits per heavy atom. The molecule has 0 spiro atoms. The average Bonchev–Trinajstić information content (AvgIpc) is 2.90. The van der Waals surface area contributed by atoms with Gasteiger partial charge in [-0.2, -0.15) is 0 Å². The lowest BCUT2D eigenvalue weighted by Gasteiger charge is -2.31. The number of hydrogen-bond donors (Lipinski definition) is 2. The summed E-state index contributed by atoms with van der Waals surface area (Å²) >= 11 is 5.98. The molecule has 2 heterocycles. The predicted molar refractivity (Wildman–Crippen MR) is 87.6 cm³/mol. The maximum atomic E-state index is 12.5. The van der Waals surface area contributed by atoms with E-state index in [1.165, 1.54) is 0 Å². The van der Waals surface area contributed by atoms with Gasteiger partial charge in [0.15, 0.2) is 0 Å². The van der Waals surface area contributed by atoms with E-state index < -0.39 is 0 Å². The van der Waals surface area contributed by atoms with Crippen molar-refractivity contribution in [2.75, 3.05) is 31.7 Å². The summed E-state index contributed by atoms with van der Waals surface area (Å²) < 4.78 is 1.75. The maximum absolute atomic E-state index is 12.5. The zero-order valence-electron chi connectivity index (χ0n) is 12.3. The minimum Gasteiger partial charge on any atom is -0.395 e. The van der Waals surface area contributed by atoms with Crippen molar-refractivity contribution in [1.29, 1.82) is 0 Å². The van der Waals surface area contributed by atoms with Crippen molar-refractivity contribution in [3.63, 3.8) is 0 Å². The quantitative estimate of drug-likeness (QED) is 0.906. The highest BCUT2D eigenvalue weighted by Gasteiger charge is 2.25. The Bertz CT molecular complexity index is 668. The fourth-order valence-corrected chi connectivity index (χ4v) is 3.22. The summed E-state index contributed by atoms with van der Waals surface area (Å²) in [4.78, 5) is 14.6. The number of rotatable bonds is 4. The Hall–Kier alpha value is -1.56. The van der Waals surface area contributed by atoms with Gasteiger partial charge in [0.05, 0.1) is 18.0 Å². The van der Waals surface area contributed by atoms with E-state index in [0.717, 1.165) is 30.3 Å². The number of nitrogens with one attached hydrogen (secondary N) is 1. The summed E-state index contributed by atoms with van der Waals surface area (Å²) in [5.74, 6) is -0.0138. The number of hydrogen-bond acceptors (Lipinski definition) is 3. The van der Waals surface area contributed by atoms with E-state index in [1.807, 2.05) is 30.5 Å². The molecule has 1 atom stereocenters. The van der Waals surface area contributed by atoms with Gasteiger partial charge in [-0.1, -0.05) is 11.6 Å². The van der Waals surface area contributed by atoms with Crippen LogP contribution < -0.4 is 5.43 Å². The minimum absolute atomic E-state index is 0.0232. The number of nitrogens with zero attached hydrogens (tertiary/aromatic N) is 2. The van der Waals surface area contributed by atoms with Crippen molar-refractivity contribution in [1.82, 2.24) is 9.58 Å². The van der Waals surface area contributed by atoms with Gasteiger partial charge in [0.1, 0.15) is 0 Å². The number of aliphatic hydroxyl groups is 1. The summed E-state index contributed by atoms with van der Waals surface area (Å²) in [6.45, 7) is 2.43. The van der Waals surface area contributed by atoms with Crippen molar-refractivity contribution in [2.24, 2.45) is 5.92 Å². The Labute approximate surface area is 134 Å². The molecule has 1 aromatic heterocycles. The molecule has 3 rings (SSSR count). The van der Waals surface area contributed by atoms with Gasteiger partial charge in [-0.05, 0) is 43.7 Å². The minimum atomic E-state index is -0.0370. The van der Waals surface area contributed by atoms with Crippen LogP contribution in [-0.4, -0.2) is 46.8 Å². The zero-order valence-corrected chi connectivity index (χ0v) is 13.1. The van der Waals surface area contributed by atoms with Gasteiger partial charge in [-0.15, -0.1) is 0 Å². The van der Waals surface area contributed by atoms with Gasteiger partial charge in [0.25, 0.3) is 0 Å². The van der Waals surface area contributed by atoms with Crippen LogP contribution in [0.4, 0.5) is 0 Å². The number of carbonyl (C=O) groups is 1. The van der Waals surface area contributed by atoms with Crippen LogP contribution in [0.2, 0.25) is 5.02 Å². The molecule has 5 nitrogen and oxygen atoms in total. The lowest BCUT2D eigenvalue weighted by atomic mass is 9.97. The lowest BCUT2D eigenvalue weighted by Crippen LogP contribution is -2.43. The van der Waals surface area contributed by atoms with Crippen LogP contribution in [0, 0.1) is 5.92 Å². The van der Waals surface area contributed by atoms with Crippen molar-refractivity contribution < 1.29 is 9.90 Å². The molecule has 1 fully saturated rings. The summed E-state index contributed by atoms with van der Waals surface area (Å²) in [5.41, 5.74) is 3.89. The summed E-state index contributed by atoms with van der Waals surface area (Å²) in [6, 6.07) is 7.52. The highest BCUT2D eigenvalue weighted by Crippen LogP contribution is 2.21. The molecule has 0 saturated carbocycles. The van der Waals surface area contributed by atoms with Crippen molar-refractivity contribution in [2.45, 2.75) is 12.8 Å². The van der Waals surface area contributed by atoms with E-state index in [4.69, 9.17) is 16.7 Å². The largest absolute Gasteiger partial charge is 0.395 e. The highest BCUT2D eigenvalue weighted by molar-refractivity contribution is 6.31. The third-order valence-corrected chi connectivity index (χ3v) is 4.41. The van der Waals surface area contributed by atoms with Gasteiger partial charge < -0.3 is 10.0 Å². The fraction of sp³-hybridized carbons (Fsp3) is 0.438. The summed E-state index contributed by atoms with van der Waals surface area (Å²) in [6.07, 6.45) is 3.71. The first-order chi connectivity index (χ1) is 10.7. The average molecular weight is 322 g/mol. The number of benzene rings is 1. The number of carbonyl (C=O) groups excluding carboxylic acids is 1. The first-order valence-electron chi connectivity index (χ1n) is 7.58. The van der Waals surface area contributed by atoms with Gasteiger partial charge in [0.2, 0.25) is 5.91 Å². The molecule has 1 unspecified atom stereocenters. The molecule has 1 aliphatic rings. The van der Waals surface area contributed by atoms with E-state index in [9.17, 15) is 4.79 Å². The zero-order chi connectivity index (χ0) is 15.5. The molecular weight excluding hydrogens is 302 g/mol. The molecule has 0 aliphatic carbocycles.